The first kappa shape index (κ1) is 31.7. The van der Waals surface area contributed by atoms with E-state index >= 15 is 0 Å². The van der Waals surface area contributed by atoms with E-state index in [-0.39, 0.29) is 17.9 Å². The number of nitrogens with two attached hydrogens (primary N) is 1. The molecule has 2 aromatic heterocycles. The Morgan fingerprint density at radius 2 is 1.59 bits per heavy atom. The molecule has 46 heavy (non-hydrogen) atoms. The minimum Gasteiger partial charge on any atom is -0.363 e. The van der Waals surface area contributed by atoms with Gasteiger partial charge in [-0.3, -0.25) is 18.8 Å². The molecule has 240 valence electrons. The average Bonchev–Trinajstić information content (AvgIpc) is 3.53. The minimum absolute atomic E-state index is 0.174. The molecular formula is C34H33F4N5O2S. The summed E-state index contributed by atoms with van der Waals surface area (Å²) in [4.78, 5) is 32.1. The van der Waals surface area contributed by atoms with Crippen molar-refractivity contribution in [3.63, 3.8) is 0 Å². The van der Waals surface area contributed by atoms with E-state index in [1.165, 1.54) is 22.6 Å². The second kappa shape index (κ2) is 12.9. The lowest BCUT2D eigenvalue weighted by molar-refractivity contribution is -0.138. The molecule has 0 bridgehead atoms. The molecule has 0 radical (unpaired) electrons. The van der Waals surface area contributed by atoms with E-state index < -0.39 is 47.0 Å². The fraction of sp³-hybridized carbons (Fsp3) is 0.294. The Balaban J connectivity index is 1.36. The fourth-order valence-electron chi connectivity index (χ4n) is 6.19. The molecule has 0 saturated carbocycles. The zero-order chi connectivity index (χ0) is 32.6. The summed E-state index contributed by atoms with van der Waals surface area (Å²) in [5.74, 6) is -1.09. The maximum atomic E-state index is 15.0. The molecule has 7 nitrogen and oxygen atoms in total. The molecule has 0 spiro atoms. The first-order valence-electron chi connectivity index (χ1n) is 14.9. The van der Waals surface area contributed by atoms with E-state index in [9.17, 15) is 27.2 Å². The fourth-order valence-corrected chi connectivity index (χ4v) is 7.10. The van der Waals surface area contributed by atoms with E-state index in [0.29, 0.717) is 31.7 Å². The molecule has 12 heteroatoms. The third kappa shape index (κ3) is 6.24. The van der Waals surface area contributed by atoms with Crippen LogP contribution in [0.2, 0.25) is 0 Å². The number of hydrogen-bond acceptors (Lipinski definition) is 6. The average molecular weight is 652 g/mol. The number of alkyl halides is 3. The number of benzene rings is 3. The number of hydrogen-bond donors (Lipinski definition) is 1. The predicted octanol–water partition coefficient (Wildman–Crippen LogP) is 5.76. The van der Waals surface area contributed by atoms with Gasteiger partial charge in [-0.15, -0.1) is 11.3 Å². The van der Waals surface area contributed by atoms with Gasteiger partial charge in [-0.2, -0.15) is 13.2 Å². The number of rotatable bonds is 8. The van der Waals surface area contributed by atoms with Crippen LogP contribution in [-0.2, 0) is 25.8 Å². The number of halogens is 4. The Bertz CT molecular complexity index is 1980. The molecule has 1 aliphatic rings. The maximum absolute atomic E-state index is 15.0. The number of nitrogens with zero attached hydrogens (tertiary/aromatic N) is 4. The normalized spacial score (nSPS) is 15.0. The lowest BCUT2D eigenvalue weighted by atomic mass is 10.1. The van der Waals surface area contributed by atoms with Gasteiger partial charge in [0.15, 0.2) is 0 Å². The molecule has 3 heterocycles. The summed E-state index contributed by atoms with van der Waals surface area (Å²) >= 11 is 1.69. The van der Waals surface area contributed by atoms with Gasteiger partial charge < -0.3 is 10.6 Å². The van der Waals surface area contributed by atoms with E-state index in [1.54, 1.807) is 35.6 Å². The van der Waals surface area contributed by atoms with Gasteiger partial charge in [0.2, 0.25) is 0 Å². The molecular weight excluding hydrogens is 618 g/mol. The summed E-state index contributed by atoms with van der Waals surface area (Å²) in [6, 6.07) is 19.2. The van der Waals surface area contributed by atoms with Crippen LogP contribution in [0.1, 0.15) is 34.0 Å². The summed E-state index contributed by atoms with van der Waals surface area (Å²) in [7, 11) is 0. The summed E-state index contributed by atoms with van der Waals surface area (Å²) in [6.45, 7) is 3.49. The van der Waals surface area contributed by atoms with Crippen molar-refractivity contribution in [2.24, 2.45) is 5.73 Å². The maximum Gasteiger partial charge on any atom is 0.416 e. The van der Waals surface area contributed by atoms with Crippen molar-refractivity contribution < 1.29 is 17.6 Å². The lowest BCUT2D eigenvalue weighted by Gasteiger charge is -2.37. The van der Waals surface area contributed by atoms with E-state index in [0.717, 1.165) is 33.9 Å². The Hall–Kier alpha value is -4.26. The summed E-state index contributed by atoms with van der Waals surface area (Å²) in [5, 5.41) is 3.26. The van der Waals surface area contributed by atoms with Gasteiger partial charge in [0, 0.05) is 54.7 Å². The van der Waals surface area contributed by atoms with Crippen LogP contribution in [0.15, 0.2) is 87.8 Å². The van der Waals surface area contributed by atoms with Crippen LogP contribution in [0.4, 0.5) is 23.2 Å². The van der Waals surface area contributed by atoms with Crippen molar-refractivity contribution in [1.82, 2.24) is 14.0 Å². The van der Waals surface area contributed by atoms with Gasteiger partial charge in [-0.05, 0) is 47.0 Å². The molecule has 1 aliphatic heterocycles. The zero-order valence-electron chi connectivity index (χ0n) is 25.1. The van der Waals surface area contributed by atoms with Crippen LogP contribution in [0.5, 0.6) is 0 Å². The third-order valence-electron chi connectivity index (χ3n) is 8.65. The Labute approximate surface area is 266 Å². The smallest absolute Gasteiger partial charge is 0.363 e. The molecule has 0 aliphatic carbocycles. The van der Waals surface area contributed by atoms with Crippen LogP contribution in [-0.4, -0.2) is 40.2 Å². The number of piperazine rings is 1. The number of aromatic nitrogens is 2. The van der Waals surface area contributed by atoms with Crippen molar-refractivity contribution in [2.45, 2.75) is 38.8 Å². The molecule has 1 saturated heterocycles. The largest absolute Gasteiger partial charge is 0.416 e. The van der Waals surface area contributed by atoms with Crippen LogP contribution < -0.4 is 21.9 Å². The second-order valence-electron chi connectivity index (χ2n) is 11.5. The van der Waals surface area contributed by atoms with Crippen molar-refractivity contribution in [3.05, 3.63) is 133 Å². The van der Waals surface area contributed by atoms with Crippen LogP contribution in [0, 0.1) is 12.7 Å². The van der Waals surface area contributed by atoms with Crippen molar-refractivity contribution in [1.29, 1.82) is 0 Å². The molecule has 1 fully saturated rings. The van der Waals surface area contributed by atoms with Gasteiger partial charge in [0.25, 0.3) is 5.56 Å². The van der Waals surface area contributed by atoms with E-state index in [2.05, 4.69) is 28.5 Å². The van der Waals surface area contributed by atoms with E-state index in [4.69, 9.17) is 5.73 Å². The molecule has 0 amide bonds. The monoisotopic (exact) mass is 651 g/mol. The molecule has 3 aromatic carbocycles. The quantitative estimate of drug-likeness (QED) is 0.216. The number of fused-ring (bicyclic) bond motifs is 1. The van der Waals surface area contributed by atoms with Gasteiger partial charge in [0.05, 0.1) is 18.7 Å². The van der Waals surface area contributed by atoms with Crippen LogP contribution >= 0.6 is 11.3 Å². The summed E-state index contributed by atoms with van der Waals surface area (Å²) in [6.07, 6.45) is -4.84. The predicted molar refractivity (Wildman–Crippen MR) is 173 cm³/mol. The highest BCUT2D eigenvalue weighted by Crippen LogP contribution is 2.34. The Kier molecular flexibility index (Phi) is 8.86. The number of anilines is 1. The van der Waals surface area contributed by atoms with Gasteiger partial charge in [0.1, 0.15) is 11.5 Å². The molecule has 1 atom stereocenters. The summed E-state index contributed by atoms with van der Waals surface area (Å²) in [5.41, 5.74) is 5.43. The highest BCUT2D eigenvalue weighted by molar-refractivity contribution is 7.17. The molecule has 6 rings (SSSR count). The highest BCUT2D eigenvalue weighted by Gasteiger charge is 2.35. The minimum atomic E-state index is -4.84. The van der Waals surface area contributed by atoms with Crippen LogP contribution in [0.3, 0.4) is 0 Å². The lowest BCUT2D eigenvalue weighted by Crippen LogP contribution is -2.51. The first-order valence-corrected chi connectivity index (χ1v) is 15.8. The molecule has 0 unspecified atom stereocenters. The number of thiophene rings is 1. The Morgan fingerprint density at radius 1 is 0.870 bits per heavy atom. The summed E-state index contributed by atoms with van der Waals surface area (Å²) < 4.78 is 60.0. The molecule has 2 N–H and O–H groups in total. The van der Waals surface area contributed by atoms with Gasteiger partial charge in [-0.25, -0.2) is 9.18 Å². The standard InChI is InChI=1S/C34H33F4N5O2S/c1-22-30(41-16-14-40(15-17-41)19-25-10-5-9-24-13-18-46-31(24)25)32(44)43(21-29(39)23-7-3-2-4-8-23)33(45)42(22)20-26-27(34(36,37)38)11-6-12-28(26)35/h2-13,18,29H,14-17,19-21,39H2,1H3/t29-/m1/s1. The van der Waals surface area contributed by atoms with Crippen molar-refractivity contribution >= 4 is 27.1 Å². The SMILES string of the molecule is Cc1c(N2CCN(Cc3cccc4ccsc34)CC2)c(=O)n(C[C@@H](N)c2ccccc2)c(=O)n1Cc1c(F)cccc1C(F)(F)F. The van der Waals surface area contributed by atoms with Gasteiger partial charge >= 0.3 is 11.9 Å². The Morgan fingerprint density at radius 3 is 2.30 bits per heavy atom. The molecule has 5 aromatic rings. The third-order valence-corrected chi connectivity index (χ3v) is 9.65. The first-order chi connectivity index (χ1) is 22.0. The van der Waals surface area contributed by atoms with Crippen molar-refractivity contribution in [3.8, 4) is 0 Å². The van der Waals surface area contributed by atoms with Crippen molar-refractivity contribution in [2.75, 3.05) is 31.1 Å². The highest BCUT2D eigenvalue weighted by atomic mass is 32.1. The second-order valence-corrected chi connectivity index (χ2v) is 12.4. The van der Waals surface area contributed by atoms with Crippen LogP contribution in [0.25, 0.3) is 10.1 Å². The van der Waals surface area contributed by atoms with E-state index in [1.807, 2.05) is 17.0 Å². The topological polar surface area (TPSA) is 76.5 Å². The van der Waals surface area contributed by atoms with Gasteiger partial charge in [-0.1, -0.05) is 54.6 Å². The zero-order valence-corrected chi connectivity index (χ0v) is 26.0.